The van der Waals surface area contributed by atoms with Gasteiger partial charge in [-0.05, 0) is 109 Å². The number of ether oxygens (including phenoxy) is 1. The van der Waals surface area contributed by atoms with Crippen LogP contribution in [0.5, 0.6) is 0 Å². The molecule has 0 aliphatic carbocycles. The molecule has 1 saturated heterocycles. The van der Waals surface area contributed by atoms with Crippen molar-refractivity contribution in [2.45, 2.75) is 94.9 Å². The first-order chi connectivity index (χ1) is 18.2. The number of anilines is 2. The number of nitrogen functional groups attached to an aromatic ring is 1. The Balaban J connectivity index is 0.000000559. The second-order valence-corrected chi connectivity index (χ2v) is 14.8. The maximum Gasteiger partial charge on any atom is 0.224 e. The summed E-state index contributed by atoms with van der Waals surface area (Å²) in [7, 11) is 0. The van der Waals surface area contributed by atoms with Crippen LogP contribution < -0.4 is 11.1 Å². The van der Waals surface area contributed by atoms with E-state index < -0.39 is 0 Å². The number of aryl methyl sites for hydroxylation is 4. The molecule has 0 spiro atoms. The summed E-state index contributed by atoms with van der Waals surface area (Å²) in [5, 5.41) is 2.75. The number of rotatable bonds is 3. The van der Waals surface area contributed by atoms with Gasteiger partial charge in [-0.25, -0.2) is 0 Å². The van der Waals surface area contributed by atoms with E-state index in [1.165, 1.54) is 12.8 Å². The van der Waals surface area contributed by atoms with Gasteiger partial charge in [0.2, 0.25) is 11.1 Å². The number of halogens is 3. The predicted octanol–water partition coefficient (Wildman–Crippen LogP) is 10.1. The van der Waals surface area contributed by atoms with Crippen LogP contribution in [-0.4, -0.2) is 24.4 Å². The molecule has 3 rings (SSSR count). The summed E-state index contributed by atoms with van der Waals surface area (Å²) >= 11 is 12.0. The zero-order valence-electron chi connectivity index (χ0n) is 26.0. The summed E-state index contributed by atoms with van der Waals surface area (Å²) in [5.74, 6) is 0.0750. The summed E-state index contributed by atoms with van der Waals surface area (Å²) in [6, 6.07) is 8.06. The molecule has 40 heavy (non-hydrogen) atoms. The molecule has 1 heterocycles. The molecule has 0 bridgehead atoms. The Hall–Kier alpha value is -1.41. The first kappa shape index (κ1) is 38.6. The fourth-order valence-electron chi connectivity index (χ4n) is 3.62. The first-order valence-electron chi connectivity index (χ1n) is 13.6. The van der Waals surface area contributed by atoms with E-state index in [-0.39, 0.29) is 22.0 Å². The van der Waals surface area contributed by atoms with E-state index in [1.807, 2.05) is 72.7 Å². The number of hydrogen-bond acceptors (Lipinski definition) is 4. The molecular weight excluding hydrogens is 656 g/mol. The third-order valence-electron chi connectivity index (χ3n) is 5.51. The molecule has 2 aromatic carbocycles. The van der Waals surface area contributed by atoms with Gasteiger partial charge in [-0.2, -0.15) is 0 Å². The molecule has 0 saturated carbocycles. The molecule has 3 N–H and O–H groups in total. The molecule has 0 unspecified atom stereocenters. The minimum absolute atomic E-state index is 0.0151. The third-order valence-corrected chi connectivity index (χ3v) is 6.56. The normalized spacial score (nSPS) is 12.6. The molecule has 1 aliphatic heterocycles. The Labute approximate surface area is 264 Å². The van der Waals surface area contributed by atoms with Crippen molar-refractivity contribution in [2.75, 3.05) is 24.3 Å². The van der Waals surface area contributed by atoms with Gasteiger partial charge in [-0.3, -0.25) is 9.59 Å². The standard InChI is InChI=1S/C14H20BrNO.C8H10BrN.C6H11ClO.C4H8O/c1-9-6-11(15)7-10(2)13(9)16-12(17)8-14(3,4)5;1-5-3-7(9)4-6(2)8(5)10;1-6(2,3)4-5(7)8;1-2-4-5-3-1/h6-7H,8H2,1-5H3,(H,16,17);3-4H,10H2,1-2H3;4H2,1-3H3;1-4H2. The van der Waals surface area contributed by atoms with E-state index in [0.717, 1.165) is 55.8 Å². The van der Waals surface area contributed by atoms with Gasteiger partial charge in [0.05, 0.1) is 0 Å². The van der Waals surface area contributed by atoms with Crippen LogP contribution in [0.15, 0.2) is 33.2 Å². The molecule has 1 aliphatic rings. The summed E-state index contributed by atoms with van der Waals surface area (Å²) in [5.41, 5.74) is 12.0. The molecule has 0 atom stereocenters. The van der Waals surface area contributed by atoms with Crippen molar-refractivity contribution in [3.63, 3.8) is 0 Å². The second kappa shape index (κ2) is 18.2. The van der Waals surface area contributed by atoms with Crippen molar-refractivity contribution in [1.82, 2.24) is 0 Å². The van der Waals surface area contributed by atoms with Gasteiger partial charge < -0.3 is 15.8 Å². The maximum absolute atomic E-state index is 11.9. The second-order valence-electron chi connectivity index (χ2n) is 12.6. The van der Waals surface area contributed by atoms with E-state index >= 15 is 0 Å². The summed E-state index contributed by atoms with van der Waals surface area (Å²) < 4.78 is 7.08. The van der Waals surface area contributed by atoms with Gasteiger partial charge in [-0.1, -0.05) is 73.4 Å². The maximum atomic E-state index is 11.9. The van der Waals surface area contributed by atoms with Crippen molar-refractivity contribution < 1.29 is 14.3 Å². The van der Waals surface area contributed by atoms with Gasteiger partial charge in [0.15, 0.2) is 0 Å². The molecular formula is C32H49Br2ClN2O3. The average molecular weight is 705 g/mol. The van der Waals surface area contributed by atoms with Gasteiger partial charge in [0, 0.05) is 46.4 Å². The highest BCUT2D eigenvalue weighted by Crippen LogP contribution is 2.27. The fourth-order valence-corrected chi connectivity index (χ4v) is 5.40. The van der Waals surface area contributed by atoms with Crippen molar-refractivity contribution in [2.24, 2.45) is 10.8 Å². The largest absolute Gasteiger partial charge is 0.398 e. The van der Waals surface area contributed by atoms with Crippen molar-refractivity contribution in [3.05, 3.63) is 55.5 Å². The zero-order valence-corrected chi connectivity index (χ0v) is 29.9. The zero-order chi connectivity index (χ0) is 31.3. The van der Waals surface area contributed by atoms with Crippen LogP contribution in [0, 0.1) is 38.5 Å². The van der Waals surface area contributed by atoms with E-state index in [9.17, 15) is 9.59 Å². The van der Waals surface area contributed by atoms with Crippen LogP contribution in [0.4, 0.5) is 11.4 Å². The lowest BCUT2D eigenvalue weighted by atomic mass is 9.92. The molecule has 0 aromatic heterocycles. The van der Waals surface area contributed by atoms with Gasteiger partial charge in [0.25, 0.3) is 0 Å². The van der Waals surface area contributed by atoms with Gasteiger partial charge in [0.1, 0.15) is 0 Å². The Morgan fingerprint density at radius 1 is 0.800 bits per heavy atom. The Bertz CT molecular complexity index is 1050. The van der Waals surface area contributed by atoms with E-state index in [0.29, 0.717) is 12.8 Å². The van der Waals surface area contributed by atoms with Crippen molar-refractivity contribution >= 4 is 66.0 Å². The number of hydrogen-bond donors (Lipinski definition) is 2. The first-order valence-corrected chi connectivity index (χ1v) is 15.5. The lowest BCUT2D eigenvalue weighted by Crippen LogP contribution is -2.20. The smallest absolute Gasteiger partial charge is 0.224 e. The summed E-state index contributed by atoms with van der Waals surface area (Å²) in [6.07, 6.45) is 3.54. The van der Waals surface area contributed by atoms with Gasteiger partial charge >= 0.3 is 0 Å². The SMILES string of the molecule is C1CCOC1.CC(C)(C)CC(=O)Cl.Cc1cc(Br)cc(C)c1N.Cc1cc(Br)cc(C)c1NC(=O)CC(C)(C)C. The van der Waals surface area contributed by atoms with E-state index in [2.05, 4.69) is 57.9 Å². The molecule has 8 heteroatoms. The Morgan fingerprint density at radius 3 is 1.45 bits per heavy atom. The number of carbonyl (C=O) groups is 2. The monoisotopic (exact) mass is 702 g/mol. The molecule has 2 aromatic rings. The molecule has 1 fully saturated rings. The van der Waals surface area contributed by atoms with Gasteiger partial charge in [-0.15, -0.1) is 0 Å². The van der Waals surface area contributed by atoms with Crippen molar-refractivity contribution in [3.8, 4) is 0 Å². The average Bonchev–Trinajstić information content (AvgIpc) is 3.32. The van der Waals surface area contributed by atoms with Crippen LogP contribution in [-0.2, 0) is 14.3 Å². The minimum Gasteiger partial charge on any atom is -0.398 e. The fraction of sp³-hybridized carbons (Fsp3) is 0.562. The van der Waals surface area contributed by atoms with Crippen LogP contribution >= 0.6 is 43.5 Å². The highest BCUT2D eigenvalue weighted by atomic mass is 79.9. The predicted molar refractivity (Wildman–Crippen MR) is 179 cm³/mol. The Morgan fingerprint density at radius 2 is 1.18 bits per heavy atom. The number of amides is 1. The highest BCUT2D eigenvalue weighted by Gasteiger charge is 2.17. The molecule has 1 amide bonds. The van der Waals surface area contributed by atoms with Crippen LogP contribution in [0.2, 0.25) is 0 Å². The highest BCUT2D eigenvalue weighted by molar-refractivity contribution is 9.10. The molecule has 0 radical (unpaired) electrons. The van der Waals surface area contributed by atoms with Crippen LogP contribution in [0.3, 0.4) is 0 Å². The lowest BCUT2D eigenvalue weighted by molar-refractivity contribution is -0.118. The number of carbonyl (C=O) groups excluding carboxylic acids is 2. The van der Waals surface area contributed by atoms with E-state index in [1.54, 1.807) is 0 Å². The number of nitrogens with one attached hydrogen (secondary N) is 1. The van der Waals surface area contributed by atoms with Crippen LogP contribution in [0.1, 0.15) is 89.5 Å². The topological polar surface area (TPSA) is 81.4 Å². The quantitative estimate of drug-likeness (QED) is 0.246. The summed E-state index contributed by atoms with van der Waals surface area (Å²) in [6.45, 7) is 22.2. The molecule has 226 valence electrons. The Kier molecular flexibility index (Phi) is 17.6. The number of nitrogens with two attached hydrogens (primary N) is 1. The van der Waals surface area contributed by atoms with E-state index in [4.69, 9.17) is 22.1 Å². The molecule has 5 nitrogen and oxygen atoms in total. The number of benzene rings is 2. The third kappa shape index (κ3) is 18.8. The minimum atomic E-state index is -0.252. The summed E-state index contributed by atoms with van der Waals surface area (Å²) in [4.78, 5) is 22.1. The lowest BCUT2D eigenvalue weighted by Gasteiger charge is -2.19. The van der Waals surface area contributed by atoms with Crippen LogP contribution in [0.25, 0.3) is 0 Å². The van der Waals surface area contributed by atoms with Crippen molar-refractivity contribution in [1.29, 1.82) is 0 Å².